The third-order valence-electron chi connectivity index (χ3n) is 4.42. The SMILES string of the molecule is CCCCCCOC(C)C(=O)Oc1ccc(-c2ncc(OCCCC)cn2)cc1. The van der Waals surface area contributed by atoms with E-state index in [4.69, 9.17) is 14.2 Å². The Morgan fingerprint density at radius 1 is 0.897 bits per heavy atom. The molecule has 1 heterocycles. The molecule has 0 spiro atoms. The molecule has 0 amide bonds. The maximum Gasteiger partial charge on any atom is 0.340 e. The predicted molar refractivity (Wildman–Crippen MR) is 113 cm³/mol. The molecule has 158 valence electrons. The first-order chi connectivity index (χ1) is 14.1. The highest BCUT2D eigenvalue weighted by Gasteiger charge is 2.16. The maximum atomic E-state index is 12.1. The summed E-state index contributed by atoms with van der Waals surface area (Å²) < 4.78 is 16.5. The fourth-order valence-corrected chi connectivity index (χ4v) is 2.60. The number of aromatic nitrogens is 2. The Morgan fingerprint density at radius 3 is 2.24 bits per heavy atom. The van der Waals surface area contributed by atoms with Crippen molar-refractivity contribution in [2.45, 2.75) is 65.4 Å². The van der Waals surface area contributed by atoms with Crippen LogP contribution in [0.25, 0.3) is 11.4 Å². The van der Waals surface area contributed by atoms with Gasteiger partial charge in [-0.2, -0.15) is 0 Å². The van der Waals surface area contributed by atoms with E-state index in [1.54, 1.807) is 31.5 Å². The molecule has 1 aromatic heterocycles. The summed E-state index contributed by atoms with van der Waals surface area (Å²) in [7, 11) is 0. The molecule has 0 bridgehead atoms. The van der Waals surface area contributed by atoms with Crippen LogP contribution in [0.15, 0.2) is 36.7 Å². The minimum Gasteiger partial charge on any atom is -0.490 e. The monoisotopic (exact) mass is 400 g/mol. The topological polar surface area (TPSA) is 70.5 Å². The number of hydrogen-bond acceptors (Lipinski definition) is 6. The minimum atomic E-state index is -0.583. The van der Waals surface area contributed by atoms with Gasteiger partial charge in [-0.15, -0.1) is 0 Å². The second-order valence-electron chi connectivity index (χ2n) is 6.96. The lowest BCUT2D eigenvalue weighted by molar-refractivity contribution is -0.146. The van der Waals surface area contributed by atoms with Crippen molar-refractivity contribution in [1.82, 2.24) is 9.97 Å². The average molecular weight is 401 g/mol. The van der Waals surface area contributed by atoms with Gasteiger partial charge in [0.1, 0.15) is 5.75 Å². The lowest BCUT2D eigenvalue weighted by Crippen LogP contribution is -2.26. The molecule has 2 aromatic rings. The van der Waals surface area contributed by atoms with Crippen LogP contribution in [0, 0.1) is 0 Å². The van der Waals surface area contributed by atoms with E-state index in [1.165, 1.54) is 12.8 Å². The molecule has 1 atom stereocenters. The van der Waals surface area contributed by atoms with Crippen LogP contribution in [-0.2, 0) is 9.53 Å². The molecule has 0 aliphatic carbocycles. The lowest BCUT2D eigenvalue weighted by atomic mass is 10.2. The molecule has 29 heavy (non-hydrogen) atoms. The lowest BCUT2D eigenvalue weighted by Gasteiger charge is -2.12. The number of unbranched alkanes of at least 4 members (excludes halogenated alkanes) is 4. The van der Waals surface area contributed by atoms with Gasteiger partial charge in [0.25, 0.3) is 0 Å². The van der Waals surface area contributed by atoms with Gasteiger partial charge in [-0.3, -0.25) is 0 Å². The maximum absolute atomic E-state index is 12.1. The standard InChI is InChI=1S/C23H32N2O4/c1-4-6-8-9-15-27-18(3)23(26)29-20-12-10-19(11-13-20)22-24-16-21(17-25-22)28-14-7-5-2/h10-13,16-18H,4-9,14-15H2,1-3H3. The van der Waals surface area contributed by atoms with E-state index in [0.29, 0.717) is 30.5 Å². The van der Waals surface area contributed by atoms with Crippen molar-refractivity contribution >= 4 is 5.97 Å². The zero-order valence-electron chi connectivity index (χ0n) is 17.7. The molecule has 0 saturated carbocycles. The number of carbonyl (C=O) groups is 1. The van der Waals surface area contributed by atoms with Crippen LogP contribution in [0.3, 0.4) is 0 Å². The smallest absolute Gasteiger partial charge is 0.340 e. The summed E-state index contributed by atoms with van der Waals surface area (Å²) in [5.41, 5.74) is 0.838. The van der Waals surface area contributed by atoms with Gasteiger partial charge < -0.3 is 14.2 Å². The number of nitrogens with zero attached hydrogens (tertiary/aromatic N) is 2. The number of benzene rings is 1. The Hall–Kier alpha value is -2.47. The Kier molecular flexibility index (Phi) is 10.1. The van der Waals surface area contributed by atoms with Crippen molar-refractivity contribution in [1.29, 1.82) is 0 Å². The Balaban J connectivity index is 1.82. The van der Waals surface area contributed by atoms with Crippen molar-refractivity contribution in [2.75, 3.05) is 13.2 Å². The molecule has 0 aliphatic rings. The second kappa shape index (κ2) is 12.9. The van der Waals surface area contributed by atoms with Crippen LogP contribution in [-0.4, -0.2) is 35.3 Å². The molecule has 0 radical (unpaired) electrons. The zero-order chi connectivity index (χ0) is 20.9. The van der Waals surface area contributed by atoms with Gasteiger partial charge in [-0.25, -0.2) is 14.8 Å². The minimum absolute atomic E-state index is 0.391. The average Bonchev–Trinajstić information content (AvgIpc) is 2.75. The first-order valence-electron chi connectivity index (χ1n) is 10.5. The zero-order valence-corrected chi connectivity index (χ0v) is 17.7. The highest BCUT2D eigenvalue weighted by molar-refractivity contribution is 5.77. The van der Waals surface area contributed by atoms with Crippen LogP contribution in [0.1, 0.15) is 59.3 Å². The van der Waals surface area contributed by atoms with E-state index in [-0.39, 0.29) is 0 Å². The third-order valence-corrected chi connectivity index (χ3v) is 4.42. The molecule has 2 rings (SSSR count). The molecule has 0 fully saturated rings. The first-order valence-corrected chi connectivity index (χ1v) is 10.5. The van der Waals surface area contributed by atoms with Gasteiger partial charge in [-0.1, -0.05) is 39.5 Å². The largest absolute Gasteiger partial charge is 0.490 e. The molecular formula is C23H32N2O4. The highest BCUT2D eigenvalue weighted by atomic mass is 16.6. The number of hydrogen-bond donors (Lipinski definition) is 0. The summed E-state index contributed by atoms with van der Waals surface area (Å²) in [5.74, 6) is 1.34. The highest BCUT2D eigenvalue weighted by Crippen LogP contribution is 2.21. The Bertz CT molecular complexity index is 717. The molecule has 0 saturated heterocycles. The Morgan fingerprint density at radius 2 is 1.59 bits per heavy atom. The summed E-state index contributed by atoms with van der Waals surface area (Å²) >= 11 is 0. The predicted octanol–water partition coefficient (Wildman–Crippen LogP) is 5.21. The van der Waals surface area contributed by atoms with Gasteiger partial charge in [0.05, 0.1) is 19.0 Å². The normalized spacial score (nSPS) is 11.8. The summed E-state index contributed by atoms with van der Waals surface area (Å²) in [6.45, 7) is 7.24. The van der Waals surface area contributed by atoms with Crippen molar-refractivity contribution < 1.29 is 19.0 Å². The van der Waals surface area contributed by atoms with Crippen LogP contribution in [0.5, 0.6) is 11.5 Å². The summed E-state index contributed by atoms with van der Waals surface area (Å²) in [6, 6.07) is 7.12. The number of carbonyl (C=O) groups excluding carboxylic acids is 1. The van der Waals surface area contributed by atoms with Crippen molar-refractivity contribution in [2.24, 2.45) is 0 Å². The third kappa shape index (κ3) is 8.20. The molecule has 6 nitrogen and oxygen atoms in total. The van der Waals surface area contributed by atoms with Crippen molar-refractivity contribution in [3.05, 3.63) is 36.7 Å². The summed E-state index contributed by atoms with van der Waals surface area (Å²) in [6.07, 6.45) is 9.29. The van der Waals surface area contributed by atoms with Crippen LogP contribution in [0.2, 0.25) is 0 Å². The first kappa shape index (κ1) is 22.8. The number of esters is 1. The van der Waals surface area contributed by atoms with Crippen LogP contribution < -0.4 is 9.47 Å². The molecule has 6 heteroatoms. The van der Waals surface area contributed by atoms with Crippen LogP contribution >= 0.6 is 0 Å². The molecular weight excluding hydrogens is 368 g/mol. The second-order valence-corrected chi connectivity index (χ2v) is 6.96. The molecule has 1 unspecified atom stereocenters. The van der Waals surface area contributed by atoms with E-state index < -0.39 is 12.1 Å². The molecule has 0 N–H and O–H groups in total. The summed E-state index contributed by atoms with van der Waals surface area (Å²) in [4.78, 5) is 20.8. The Labute approximate surface area is 173 Å². The van der Waals surface area contributed by atoms with Gasteiger partial charge in [0, 0.05) is 12.2 Å². The van der Waals surface area contributed by atoms with E-state index in [0.717, 1.165) is 31.2 Å². The van der Waals surface area contributed by atoms with Crippen molar-refractivity contribution in [3.8, 4) is 22.9 Å². The van der Waals surface area contributed by atoms with E-state index in [1.807, 2.05) is 12.1 Å². The fraction of sp³-hybridized carbons (Fsp3) is 0.522. The summed E-state index contributed by atoms with van der Waals surface area (Å²) in [5, 5.41) is 0. The van der Waals surface area contributed by atoms with Crippen LogP contribution in [0.4, 0.5) is 0 Å². The van der Waals surface area contributed by atoms with E-state index >= 15 is 0 Å². The van der Waals surface area contributed by atoms with E-state index in [2.05, 4.69) is 23.8 Å². The molecule has 0 aliphatic heterocycles. The van der Waals surface area contributed by atoms with Crippen molar-refractivity contribution in [3.63, 3.8) is 0 Å². The fourth-order valence-electron chi connectivity index (χ4n) is 2.60. The van der Waals surface area contributed by atoms with Gasteiger partial charge in [-0.05, 0) is 44.0 Å². The quantitative estimate of drug-likeness (QED) is 0.261. The number of ether oxygens (including phenoxy) is 3. The van der Waals surface area contributed by atoms with E-state index in [9.17, 15) is 4.79 Å². The number of rotatable bonds is 13. The van der Waals surface area contributed by atoms with Gasteiger partial charge >= 0.3 is 5.97 Å². The molecule has 1 aromatic carbocycles. The van der Waals surface area contributed by atoms with Gasteiger partial charge in [0.15, 0.2) is 17.7 Å². The van der Waals surface area contributed by atoms with Gasteiger partial charge in [0.2, 0.25) is 0 Å².